The van der Waals surface area contributed by atoms with Crippen LogP contribution in [0.1, 0.15) is 23.0 Å². The fourth-order valence-corrected chi connectivity index (χ4v) is 3.15. The Labute approximate surface area is 146 Å². The molecule has 1 amide bonds. The average Bonchev–Trinajstić information content (AvgIpc) is 2.87. The zero-order valence-electron chi connectivity index (χ0n) is 13.9. The maximum atomic E-state index is 12.8. The number of aromatic nitrogens is 1. The van der Waals surface area contributed by atoms with Crippen LogP contribution in [0, 0.1) is 6.92 Å². The quantitative estimate of drug-likeness (QED) is 0.734. The molecular formula is C19H19ClN2O2. The van der Waals surface area contributed by atoms with Gasteiger partial charge in [0.25, 0.3) is 5.91 Å². The molecule has 0 unspecified atom stereocenters. The number of anilines is 1. The van der Waals surface area contributed by atoms with Crippen molar-refractivity contribution in [2.24, 2.45) is 0 Å². The van der Waals surface area contributed by atoms with Gasteiger partial charge in [0.2, 0.25) is 0 Å². The van der Waals surface area contributed by atoms with Crippen molar-refractivity contribution in [2.75, 3.05) is 12.4 Å². The third kappa shape index (κ3) is 2.85. The molecule has 0 spiro atoms. The SMILES string of the molecule is CCn1c(C(=O)Nc2ccc(OC)cc2)c(C)c2cc(Cl)ccc21. The topological polar surface area (TPSA) is 43.3 Å². The Morgan fingerprint density at radius 3 is 2.54 bits per heavy atom. The van der Waals surface area contributed by atoms with Gasteiger partial charge in [-0.25, -0.2) is 0 Å². The van der Waals surface area contributed by atoms with Crippen LogP contribution in [0.3, 0.4) is 0 Å². The summed E-state index contributed by atoms with van der Waals surface area (Å²) in [5.41, 5.74) is 3.33. The summed E-state index contributed by atoms with van der Waals surface area (Å²) < 4.78 is 7.15. The van der Waals surface area contributed by atoms with E-state index in [4.69, 9.17) is 16.3 Å². The number of fused-ring (bicyclic) bond motifs is 1. The number of halogens is 1. The number of nitrogens with zero attached hydrogens (tertiary/aromatic N) is 1. The first-order chi connectivity index (χ1) is 11.5. The fraction of sp³-hybridized carbons (Fsp3) is 0.211. The number of hydrogen-bond acceptors (Lipinski definition) is 2. The largest absolute Gasteiger partial charge is 0.497 e. The van der Waals surface area contributed by atoms with Gasteiger partial charge in [0.15, 0.2) is 0 Å². The van der Waals surface area contributed by atoms with E-state index in [0.717, 1.165) is 27.9 Å². The Bertz CT molecular complexity index is 898. The van der Waals surface area contributed by atoms with Crippen molar-refractivity contribution < 1.29 is 9.53 Å². The predicted molar refractivity (Wildman–Crippen MR) is 98.3 cm³/mol. The van der Waals surface area contributed by atoms with Crippen molar-refractivity contribution in [2.45, 2.75) is 20.4 Å². The third-order valence-electron chi connectivity index (χ3n) is 4.16. The van der Waals surface area contributed by atoms with Gasteiger partial charge in [-0.3, -0.25) is 4.79 Å². The minimum atomic E-state index is -0.133. The van der Waals surface area contributed by atoms with Crippen molar-refractivity contribution in [1.82, 2.24) is 4.57 Å². The van der Waals surface area contributed by atoms with E-state index >= 15 is 0 Å². The second kappa shape index (κ2) is 6.57. The van der Waals surface area contributed by atoms with E-state index in [1.165, 1.54) is 0 Å². The molecule has 3 aromatic rings. The van der Waals surface area contributed by atoms with Crippen molar-refractivity contribution in [3.05, 3.63) is 58.7 Å². The number of hydrogen-bond donors (Lipinski definition) is 1. The van der Waals surface area contributed by atoms with Crippen LogP contribution in [0.4, 0.5) is 5.69 Å². The van der Waals surface area contributed by atoms with E-state index < -0.39 is 0 Å². The van der Waals surface area contributed by atoms with Gasteiger partial charge in [-0.1, -0.05) is 11.6 Å². The zero-order chi connectivity index (χ0) is 17.3. The summed E-state index contributed by atoms with van der Waals surface area (Å²) in [5.74, 6) is 0.619. The first kappa shape index (κ1) is 16.4. The number of carbonyl (C=O) groups excluding carboxylic acids is 1. The summed E-state index contributed by atoms with van der Waals surface area (Å²) in [7, 11) is 1.61. The molecule has 1 N–H and O–H groups in total. The molecule has 0 aliphatic heterocycles. The first-order valence-electron chi connectivity index (χ1n) is 7.79. The van der Waals surface area contributed by atoms with Crippen LogP contribution in [0.5, 0.6) is 5.75 Å². The summed E-state index contributed by atoms with van der Waals surface area (Å²) in [4.78, 5) is 12.8. The molecule has 24 heavy (non-hydrogen) atoms. The molecule has 0 bridgehead atoms. The number of rotatable bonds is 4. The summed E-state index contributed by atoms with van der Waals surface area (Å²) in [6.07, 6.45) is 0. The van der Waals surface area contributed by atoms with E-state index in [1.807, 2.05) is 60.9 Å². The van der Waals surface area contributed by atoms with Gasteiger partial charge in [-0.15, -0.1) is 0 Å². The number of aryl methyl sites for hydroxylation is 2. The number of nitrogens with one attached hydrogen (secondary N) is 1. The molecule has 0 saturated carbocycles. The van der Waals surface area contributed by atoms with Crippen molar-refractivity contribution in [1.29, 1.82) is 0 Å². The van der Waals surface area contributed by atoms with Crippen LogP contribution >= 0.6 is 11.6 Å². The smallest absolute Gasteiger partial charge is 0.272 e. The second-order valence-electron chi connectivity index (χ2n) is 5.56. The van der Waals surface area contributed by atoms with E-state index in [0.29, 0.717) is 17.3 Å². The monoisotopic (exact) mass is 342 g/mol. The lowest BCUT2D eigenvalue weighted by molar-refractivity contribution is 0.101. The average molecular weight is 343 g/mol. The lowest BCUT2D eigenvalue weighted by Crippen LogP contribution is -2.17. The van der Waals surface area contributed by atoms with Crippen LogP contribution in [0.15, 0.2) is 42.5 Å². The van der Waals surface area contributed by atoms with Gasteiger partial charge in [0, 0.05) is 28.2 Å². The highest BCUT2D eigenvalue weighted by atomic mass is 35.5. The Morgan fingerprint density at radius 1 is 1.21 bits per heavy atom. The van der Waals surface area contributed by atoms with Gasteiger partial charge >= 0.3 is 0 Å². The Morgan fingerprint density at radius 2 is 1.92 bits per heavy atom. The normalized spacial score (nSPS) is 10.8. The number of carbonyl (C=O) groups is 1. The third-order valence-corrected chi connectivity index (χ3v) is 4.39. The van der Waals surface area contributed by atoms with Gasteiger partial charge in [0.1, 0.15) is 11.4 Å². The Kier molecular flexibility index (Phi) is 4.49. The second-order valence-corrected chi connectivity index (χ2v) is 6.00. The van der Waals surface area contributed by atoms with E-state index in [9.17, 15) is 4.79 Å². The number of benzene rings is 2. The molecule has 0 radical (unpaired) electrons. The van der Waals surface area contributed by atoms with E-state index in [-0.39, 0.29) is 5.91 Å². The fourth-order valence-electron chi connectivity index (χ4n) is 2.98. The number of ether oxygens (including phenoxy) is 1. The predicted octanol–water partition coefficient (Wildman–Crippen LogP) is 4.88. The molecule has 0 saturated heterocycles. The number of amides is 1. The van der Waals surface area contributed by atoms with Crippen LogP contribution in [-0.2, 0) is 6.54 Å². The highest BCUT2D eigenvalue weighted by Gasteiger charge is 2.19. The summed E-state index contributed by atoms with van der Waals surface area (Å²) in [6, 6.07) is 13.0. The molecule has 1 aromatic heterocycles. The van der Waals surface area contributed by atoms with Crippen LogP contribution in [-0.4, -0.2) is 17.6 Å². The Hall–Kier alpha value is -2.46. The van der Waals surface area contributed by atoms with Crippen LogP contribution < -0.4 is 10.1 Å². The molecule has 0 fully saturated rings. The summed E-state index contributed by atoms with van der Waals surface area (Å²) in [5, 5.41) is 4.62. The van der Waals surface area contributed by atoms with Crippen LogP contribution in [0.25, 0.3) is 10.9 Å². The number of methoxy groups -OCH3 is 1. The van der Waals surface area contributed by atoms with Gasteiger partial charge in [-0.05, 0) is 61.9 Å². The molecule has 0 aliphatic rings. The highest BCUT2D eigenvalue weighted by molar-refractivity contribution is 6.31. The van der Waals surface area contributed by atoms with Crippen molar-refractivity contribution >= 4 is 34.1 Å². The molecule has 0 aliphatic carbocycles. The highest BCUT2D eigenvalue weighted by Crippen LogP contribution is 2.29. The van der Waals surface area contributed by atoms with E-state index in [2.05, 4.69) is 5.32 Å². The lowest BCUT2D eigenvalue weighted by Gasteiger charge is -2.10. The van der Waals surface area contributed by atoms with Crippen LogP contribution in [0.2, 0.25) is 5.02 Å². The van der Waals surface area contributed by atoms with Gasteiger partial charge in [0.05, 0.1) is 7.11 Å². The van der Waals surface area contributed by atoms with E-state index in [1.54, 1.807) is 7.11 Å². The summed E-state index contributed by atoms with van der Waals surface area (Å²) in [6.45, 7) is 4.68. The van der Waals surface area contributed by atoms with Crippen molar-refractivity contribution in [3.63, 3.8) is 0 Å². The minimum absolute atomic E-state index is 0.133. The molecule has 124 valence electrons. The molecule has 5 heteroatoms. The molecule has 4 nitrogen and oxygen atoms in total. The Balaban J connectivity index is 2.01. The van der Waals surface area contributed by atoms with Gasteiger partial charge < -0.3 is 14.6 Å². The molecule has 0 atom stereocenters. The molecular weight excluding hydrogens is 324 g/mol. The molecule has 1 heterocycles. The minimum Gasteiger partial charge on any atom is -0.497 e. The molecule has 3 rings (SSSR count). The van der Waals surface area contributed by atoms with Gasteiger partial charge in [-0.2, -0.15) is 0 Å². The maximum absolute atomic E-state index is 12.8. The maximum Gasteiger partial charge on any atom is 0.272 e. The first-order valence-corrected chi connectivity index (χ1v) is 8.16. The zero-order valence-corrected chi connectivity index (χ0v) is 14.6. The molecule has 2 aromatic carbocycles. The summed E-state index contributed by atoms with van der Waals surface area (Å²) >= 11 is 6.11. The standard InChI is InChI=1S/C19H19ClN2O2/c1-4-22-17-10-5-13(20)11-16(17)12(2)18(22)19(23)21-14-6-8-15(24-3)9-7-14/h5-11H,4H2,1-3H3,(H,21,23). The van der Waals surface area contributed by atoms with Crippen molar-refractivity contribution in [3.8, 4) is 5.75 Å². The lowest BCUT2D eigenvalue weighted by atomic mass is 10.1.